The number of halogens is 3. The van der Waals surface area contributed by atoms with Crippen LogP contribution >= 0.6 is 11.8 Å². The van der Waals surface area contributed by atoms with Gasteiger partial charge in [-0.3, -0.25) is 0 Å². The highest BCUT2D eigenvalue weighted by Crippen LogP contribution is 2.38. The number of alkyl halides is 3. The van der Waals surface area contributed by atoms with Crippen LogP contribution in [-0.2, 0) is 18.3 Å². The molecule has 0 fully saturated rings. The molecule has 1 unspecified atom stereocenters. The minimum atomic E-state index is -4.38. The quantitative estimate of drug-likeness (QED) is 0.827. The van der Waals surface area contributed by atoms with E-state index < -0.39 is 11.7 Å². The smallest absolute Gasteiger partial charge is 0.417 e. The van der Waals surface area contributed by atoms with Crippen molar-refractivity contribution < 1.29 is 17.6 Å². The Morgan fingerprint density at radius 1 is 1.29 bits per heavy atom. The van der Waals surface area contributed by atoms with Gasteiger partial charge in [0.1, 0.15) is 5.76 Å². The minimum absolute atomic E-state index is 0.173. The van der Waals surface area contributed by atoms with Crippen LogP contribution in [0.1, 0.15) is 23.8 Å². The number of furan rings is 1. The SMILES string of the molecule is CC(N)Cc1ccc(SCc2ccco2)c(C(F)(F)F)c1. The number of rotatable bonds is 5. The first-order valence-corrected chi connectivity index (χ1v) is 7.45. The molecule has 0 aliphatic rings. The summed E-state index contributed by atoms with van der Waals surface area (Å²) in [5, 5.41) is 0. The topological polar surface area (TPSA) is 39.2 Å². The molecule has 0 aliphatic heterocycles. The van der Waals surface area contributed by atoms with Crippen molar-refractivity contribution in [3.8, 4) is 0 Å². The fraction of sp³-hybridized carbons (Fsp3) is 0.333. The predicted molar refractivity (Wildman–Crippen MR) is 77.1 cm³/mol. The molecule has 6 heteroatoms. The number of hydrogen-bond donors (Lipinski definition) is 1. The zero-order chi connectivity index (χ0) is 15.5. The number of thioether (sulfide) groups is 1. The van der Waals surface area contributed by atoms with Crippen molar-refractivity contribution in [1.29, 1.82) is 0 Å². The molecule has 1 aromatic heterocycles. The third-order valence-corrected chi connectivity index (χ3v) is 3.95. The molecule has 0 radical (unpaired) electrons. The summed E-state index contributed by atoms with van der Waals surface area (Å²) in [7, 11) is 0. The van der Waals surface area contributed by atoms with Crippen LogP contribution in [-0.4, -0.2) is 6.04 Å². The van der Waals surface area contributed by atoms with Gasteiger partial charge in [0, 0.05) is 10.9 Å². The normalized spacial score (nSPS) is 13.4. The molecule has 2 rings (SSSR count). The Morgan fingerprint density at radius 3 is 2.62 bits per heavy atom. The number of benzene rings is 1. The Hall–Kier alpha value is -1.40. The molecular formula is C15H16F3NOS. The fourth-order valence-electron chi connectivity index (χ4n) is 1.97. The summed E-state index contributed by atoms with van der Waals surface area (Å²) >= 11 is 1.11. The molecule has 0 spiro atoms. The molecule has 0 bridgehead atoms. The van der Waals surface area contributed by atoms with Crippen molar-refractivity contribution in [2.45, 2.75) is 36.2 Å². The molecule has 0 aliphatic carbocycles. The maximum atomic E-state index is 13.2. The minimum Gasteiger partial charge on any atom is -0.468 e. The van der Waals surface area contributed by atoms with E-state index >= 15 is 0 Å². The second-order valence-electron chi connectivity index (χ2n) is 4.88. The molecule has 2 aromatic rings. The average molecular weight is 315 g/mol. The molecule has 0 saturated heterocycles. The van der Waals surface area contributed by atoms with Crippen LogP contribution in [0.2, 0.25) is 0 Å². The molecule has 21 heavy (non-hydrogen) atoms. The second-order valence-corrected chi connectivity index (χ2v) is 5.89. The Balaban J connectivity index is 2.22. The van der Waals surface area contributed by atoms with E-state index in [1.807, 2.05) is 0 Å². The van der Waals surface area contributed by atoms with Gasteiger partial charge in [-0.15, -0.1) is 11.8 Å². The van der Waals surface area contributed by atoms with Crippen molar-refractivity contribution in [2.75, 3.05) is 0 Å². The van der Waals surface area contributed by atoms with Crippen molar-refractivity contribution >= 4 is 11.8 Å². The number of hydrogen-bond acceptors (Lipinski definition) is 3. The summed E-state index contributed by atoms with van der Waals surface area (Å²) in [4.78, 5) is 0.201. The van der Waals surface area contributed by atoms with Gasteiger partial charge in [-0.05, 0) is 43.2 Å². The summed E-state index contributed by atoms with van der Waals surface area (Å²) in [5.74, 6) is 1.01. The Labute approximate surface area is 125 Å². The Morgan fingerprint density at radius 2 is 2.05 bits per heavy atom. The maximum absolute atomic E-state index is 13.2. The van der Waals surface area contributed by atoms with Crippen LogP contribution < -0.4 is 5.73 Å². The van der Waals surface area contributed by atoms with Crippen LogP contribution in [0.25, 0.3) is 0 Å². The summed E-state index contributed by atoms with van der Waals surface area (Å²) in [6, 6.07) is 7.68. The highest BCUT2D eigenvalue weighted by molar-refractivity contribution is 7.98. The van der Waals surface area contributed by atoms with E-state index in [0.29, 0.717) is 23.5 Å². The lowest BCUT2D eigenvalue weighted by atomic mass is 10.0. The highest BCUT2D eigenvalue weighted by Gasteiger charge is 2.33. The van der Waals surface area contributed by atoms with Gasteiger partial charge in [0.25, 0.3) is 0 Å². The van der Waals surface area contributed by atoms with E-state index in [1.54, 1.807) is 25.1 Å². The molecule has 114 valence electrons. The summed E-state index contributed by atoms with van der Waals surface area (Å²) < 4.78 is 44.6. The van der Waals surface area contributed by atoms with Crippen molar-refractivity contribution in [3.63, 3.8) is 0 Å². The van der Waals surface area contributed by atoms with Gasteiger partial charge in [-0.2, -0.15) is 13.2 Å². The number of nitrogens with two attached hydrogens (primary N) is 1. The van der Waals surface area contributed by atoms with E-state index in [2.05, 4.69) is 0 Å². The first kappa shape index (κ1) is 16.0. The summed E-state index contributed by atoms with van der Waals surface area (Å²) in [6.45, 7) is 1.77. The fourth-order valence-corrected chi connectivity index (χ4v) is 2.92. The molecule has 1 aromatic carbocycles. The van der Waals surface area contributed by atoms with Gasteiger partial charge in [0.15, 0.2) is 0 Å². The largest absolute Gasteiger partial charge is 0.468 e. The molecule has 0 amide bonds. The predicted octanol–water partition coefficient (Wildman–Crippen LogP) is 4.48. The van der Waals surface area contributed by atoms with Gasteiger partial charge in [0.2, 0.25) is 0 Å². The zero-order valence-corrected chi connectivity index (χ0v) is 12.3. The van der Waals surface area contributed by atoms with Crippen LogP contribution in [0.15, 0.2) is 45.9 Å². The average Bonchev–Trinajstić information content (AvgIpc) is 2.88. The summed E-state index contributed by atoms with van der Waals surface area (Å²) in [5.41, 5.74) is 5.63. The molecule has 2 nitrogen and oxygen atoms in total. The van der Waals surface area contributed by atoms with Crippen LogP contribution in [0, 0.1) is 0 Å². The Kier molecular flexibility index (Phi) is 5.00. The van der Waals surface area contributed by atoms with E-state index in [-0.39, 0.29) is 10.9 Å². The van der Waals surface area contributed by atoms with E-state index in [4.69, 9.17) is 10.2 Å². The van der Waals surface area contributed by atoms with E-state index in [0.717, 1.165) is 11.8 Å². The van der Waals surface area contributed by atoms with Crippen LogP contribution in [0.5, 0.6) is 0 Å². The Bertz CT molecular complexity index is 579. The molecule has 2 N–H and O–H groups in total. The monoisotopic (exact) mass is 315 g/mol. The lowest BCUT2D eigenvalue weighted by Crippen LogP contribution is -2.18. The van der Waals surface area contributed by atoms with Crippen molar-refractivity contribution in [3.05, 3.63) is 53.5 Å². The van der Waals surface area contributed by atoms with Crippen molar-refractivity contribution in [2.24, 2.45) is 5.73 Å². The van der Waals surface area contributed by atoms with Crippen molar-refractivity contribution in [1.82, 2.24) is 0 Å². The molecule has 1 atom stereocenters. The molecular weight excluding hydrogens is 299 g/mol. The van der Waals surface area contributed by atoms with Gasteiger partial charge >= 0.3 is 6.18 Å². The second kappa shape index (κ2) is 6.58. The van der Waals surface area contributed by atoms with Crippen LogP contribution in [0.4, 0.5) is 13.2 Å². The lowest BCUT2D eigenvalue weighted by molar-refractivity contribution is -0.139. The highest BCUT2D eigenvalue weighted by atomic mass is 32.2. The third kappa shape index (κ3) is 4.54. The molecule has 1 heterocycles. The maximum Gasteiger partial charge on any atom is 0.417 e. The van der Waals surface area contributed by atoms with E-state index in [1.165, 1.54) is 18.4 Å². The van der Waals surface area contributed by atoms with Gasteiger partial charge in [-0.1, -0.05) is 6.07 Å². The standard InChI is InChI=1S/C15H16F3NOS/c1-10(19)7-11-4-5-14(13(8-11)15(16,17)18)21-9-12-3-2-6-20-12/h2-6,8,10H,7,9,19H2,1H3. The van der Waals surface area contributed by atoms with Crippen LogP contribution in [0.3, 0.4) is 0 Å². The van der Waals surface area contributed by atoms with E-state index in [9.17, 15) is 13.2 Å². The first-order valence-electron chi connectivity index (χ1n) is 6.47. The van der Waals surface area contributed by atoms with Gasteiger partial charge in [0.05, 0.1) is 17.6 Å². The summed E-state index contributed by atoms with van der Waals surface area (Å²) in [6.07, 6.45) is -2.45. The van der Waals surface area contributed by atoms with Gasteiger partial charge < -0.3 is 10.2 Å². The van der Waals surface area contributed by atoms with Gasteiger partial charge in [-0.25, -0.2) is 0 Å². The third-order valence-electron chi connectivity index (χ3n) is 2.86. The zero-order valence-electron chi connectivity index (χ0n) is 11.5. The molecule has 0 saturated carbocycles. The first-order chi connectivity index (χ1) is 9.86. The lowest BCUT2D eigenvalue weighted by Gasteiger charge is -2.15.